The van der Waals surface area contributed by atoms with Crippen molar-refractivity contribution >= 4 is 23.5 Å². The minimum atomic E-state index is -0.493. The zero-order valence-electron chi connectivity index (χ0n) is 12.9. The summed E-state index contributed by atoms with van der Waals surface area (Å²) in [5.41, 5.74) is 0.595. The summed E-state index contributed by atoms with van der Waals surface area (Å²) in [7, 11) is 0. The fourth-order valence-corrected chi connectivity index (χ4v) is 2.75. The summed E-state index contributed by atoms with van der Waals surface area (Å²) in [5.74, 6) is 1.26. The zero-order chi connectivity index (χ0) is 16.7. The highest BCUT2D eigenvalue weighted by Crippen LogP contribution is 2.34. The minimum absolute atomic E-state index is 0.0542. The van der Waals surface area contributed by atoms with Crippen LogP contribution < -0.4 is 20.1 Å². The Kier molecular flexibility index (Phi) is 3.33. The van der Waals surface area contributed by atoms with E-state index in [1.807, 2.05) is 0 Å². The zero-order valence-corrected chi connectivity index (χ0v) is 12.9. The van der Waals surface area contributed by atoms with Gasteiger partial charge in [0.05, 0.1) is 12.5 Å². The number of carbonyl (C=O) groups is 2. The summed E-state index contributed by atoms with van der Waals surface area (Å²) in [6, 6.07) is 5.15. The third-order valence-corrected chi connectivity index (χ3v) is 3.86. The molecule has 24 heavy (non-hydrogen) atoms. The fourth-order valence-electron chi connectivity index (χ4n) is 2.75. The van der Waals surface area contributed by atoms with Crippen molar-refractivity contribution in [3.8, 4) is 11.5 Å². The highest BCUT2D eigenvalue weighted by Gasteiger charge is 2.30. The van der Waals surface area contributed by atoms with Crippen molar-refractivity contribution in [2.75, 3.05) is 17.4 Å². The van der Waals surface area contributed by atoms with Crippen molar-refractivity contribution in [3.05, 3.63) is 24.0 Å². The molecule has 1 unspecified atom stereocenters. The molecule has 124 valence electrons. The van der Waals surface area contributed by atoms with E-state index in [0.717, 1.165) is 0 Å². The maximum absolute atomic E-state index is 12.2. The molecule has 2 amide bonds. The van der Waals surface area contributed by atoms with Gasteiger partial charge in [-0.3, -0.25) is 14.9 Å². The average molecular weight is 329 g/mol. The van der Waals surface area contributed by atoms with Gasteiger partial charge in [-0.1, -0.05) is 0 Å². The first-order valence-electron chi connectivity index (χ1n) is 7.50. The molecule has 9 heteroatoms. The summed E-state index contributed by atoms with van der Waals surface area (Å²) >= 11 is 0. The fraction of sp³-hybridized carbons (Fsp3) is 0.333. The monoisotopic (exact) mass is 329 g/mol. The molecule has 0 bridgehead atoms. The number of benzene rings is 1. The van der Waals surface area contributed by atoms with Crippen LogP contribution in [0.2, 0.25) is 0 Å². The van der Waals surface area contributed by atoms with Gasteiger partial charge in [0.1, 0.15) is 5.82 Å². The summed E-state index contributed by atoms with van der Waals surface area (Å²) in [6.45, 7) is 2.25. The van der Waals surface area contributed by atoms with E-state index in [2.05, 4.69) is 20.7 Å². The molecule has 1 atom stereocenters. The molecule has 0 radical (unpaired) electrons. The number of ether oxygens (including phenoxy) is 2. The quantitative estimate of drug-likeness (QED) is 0.867. The second kappa shape index (κ2) is 5.52. The van der Waals surface area contributed by atoms with E-state index in [9.17, 15) is 9.59 Å². The molecule has 4 rings (SSSR count). The highest BCUT2D eigenvalue weighted by atomic mass is 16.7. The van der Waals surface area contributed by atoms with Gasteiger partial charge in [0.2, 0.25) is 24.6 Å². The number of rotatable bonds is 3. The molecule has 3 heterocycles. The molecular formula is C15H15N5O4. The molecule has 0 fully saturated rings. The Labute approximate surface area is 137 Å². The van der Waals surface area contributed by atoms with Crippen molar-refractivity contribution in [2.24, 2.45) is 5.92 Å². The van der Waals surface area contributed by atoms with Crippen LogP contribution in [0.15, 0.2) is 18.2 Å². The van der Waals surface area contributed by atoms with Crippen LogP contribution in [0.1, 0.15) is 12.2 Å². The van der Waals surface area contributed by atoms with Gasteiger partial charge < -0.3 is 14.8 Å². The van der Waals surface area contributed by atoms with Crippen molar-refractivity contribution in [3.63, 3.8) is 0 Å². The average Bonchev–Trinajstić information content (AvgIpc) is 3.12. The Bertz CT molecular complexity index is 831. The Morgan fingerprint density at radius 1 is 1.42 bits per heavy atom. The number of aryl methyl sites for hydroxylation is 1. The Hall–Kier alpha value is -3.10. The van der Waals surface area contributed by atoms with E-state index in [4.69, 9.17) is 9.47 Å². The van der Waals surface area contributed by atoms with Gasteiger partial charge in [-0.25, -0.2) is 4.68 Å². The Balaban J connectivity index is 1.42. The summed E-state index contributed by atoms with van der Waals surface area (Å²) in [5, 5.41) is 9.63. The van der Waals surface area contributed by atoms with Gasteiger partial charge in [0, 0.05) is 18.2 Å². The first-order valence-corrected chi connectivity index (χ1v) is 7.50. The standard InChI is InChI=1S/C15H15N5O4/c1-8-16-15-18-14(22)9(6-20(15)19-8)4-13(21)17-10-2-3-11-12(5-10)24-7-23-11/h2-3,5,9H,4,6-7H2,1H3,(H,17,21)(H,16,18,19,22). The van der Waals surface area contributed by atoms with E-state index in [1.165, 1.54) is 0 Å². The first-order chi connectivity index (χ1) is 11.6. The summed E-state index contributed by atoms with van der Waals surface area (Å²) in [4.78, 5) is 28.4. The predicted molar refractivity (Wildman–Crippen MR) is 82.7 cm³/mol. The number of nitrogens with zero attached hydrogens (tertiary/aromatic N) is 3. The third-order valence-electron chi connectivity index (χ3n) is 3.86. The van der Waals surface area contributed by atoms with Crippen molar-refractivity contribution in [1.82, 2.24) is 14.8 Å². The van der Waals surface area contributed by atoms with Gasteiger partial charge in [-0.15, -0.1) is 0 Å². The molecule has 0 saturated carbocycles. The van der Waals surface area contributed by atoms with Crippen LogP contribution >= 0.6 is 0 Å². The molecule has 2 aromatic rings. The molecule has 9 nitrogen and oxygen atoms in total. The van der Waals surface area contributed by atoms with Gasteiger partial charge in [0.25, 0.3) is 0 Å². The number of hydrogen-bond acceptors (Lipinski definition) is 6. The smallest absolute Gasteiger partial charge is 0.232 e. The lowest BCUT2D eigenvalue weighted by Crippen LogP contribution is -2.36. The van der Waals surface area contributed by atoms with Crippen LogP contribution in [0.5, 0.6) is 11.5 Å². The van der Waals surface area contributed by atoms with E-state index in [1.54, 1.807) is 29.8 Å². The van der Waals surface area contributed by atoms with Crippen LogP contribution in [0.4, 0.5) is 11.6 Å². The second-order valence-electron chi connectivity index (χ2n) is 5.67. The predicted octanol–water partition coefficient (Wildman–Crippen LogP) is 0.912. The van der Waals surface area contributed by atoms with Crippen molar-refractivity contribution < 1.29 is 19.1 Å². The molecule has 2 N–H and O–H groups in total. The highest BCUT2D eigenvalue weighted by molar-refractivity contribution is 5.98. The first kappa shape index (κ1) is 14.5. The van der Waals surface area contributed by atoms with Gasteiger partial charge in [-0.2, -0.15) is 10.1 Å². The molecule has 2 aliphatic heterocycles. The number of amides is 2. The lowest BCUT2D eigenvalue weighted by Gasteiger charge is -2.21. The van der Waals surface area contributed by atoms with Crippen LogP contribution in [0, 0.1) is 12.8 Å². The second-order valence-corrected chi connectivity index (χ2v) is 5.67. The normalized spacial score (nSPS) is 18.0. The number of fused-ring (bicyclic) bond motifs is 2. The number of aromatic nitrogens is 3. The SMILES string of the molecule is Cc1nc2n(n1)CC(CC(=O)Nc1ccc3c(c1)OCO3)C(=O)N2. The lowest BCUT2D eigenvalue weighted by atomic mass is 10.0. The van der Waals surface area contributed by atoms with Gasteiger partial charge >= 0.3 is 0 Å². The lowest BCUT2D eigenvalue weighted by molar-refractivity contribution is -0.125. The topological polar surface area (TPSA) is 107 Å². The maximum atomic E-state index is 12.2. The number of nitrogens with one attached hydrogen (secondary N) is 2. The Morgan fingerprint density at radius 3 is 3.12 bits per heavy atom. The largest absolute Gasteiger partial charge is 0.454 e. The van der Waals surface area contributed by atoms with Crippen molar-refractivity contribution in [2.45, 2.75) is 19.9 Å². The van der Waals surface area contributed by atoms with Crippen LogP contribution in [-0.4, -0.2) is 33.4 Å². The summed E-state index contributed by atoms with van der Waals surface area (Å²) in [6.07, 6.45) is 0.0542. The van der Waals surface area contributed by atoms with Crippen LogP contribution in [0.3, 0.4) is 0 Å². The third kappa shape index (κ3) is 2.64. The van der Waals surface area contributed by atoms with Crippen molar-refractivity contribution in [1.29, 1.82) is 0 Å². The Morgan fingerprint density at radius 2 is 2.25 bits per heavy atom. The maximum Gasteiger partial charge on any atom is 0.232 e. The molecule has 1 aromatic heterocycles. The molecular weight excluding hydrogens is 314 g/mol. The minimum Gasteiger partial charge on any atom is -0.454 e. The van der Waals surface area contributed by atoms with Gasteiger partial charge in [-0.05, 0) is 19.1 Å². The van der Waals surface area contributed by atoms with E-state index in [-0.39, 0.29) is 25.0 Å². The van der Waals surface area contributed by atoms with Crippen LogP contribution in [0.25, 0.3) is 0 Å². The van der Waals surface area contributed by atoms with E-state index >= 15 is 0 Å². The molecule has 1 aromatic carbocycles. The molecule has 0 saturated heterocycles. The molecule has 2 aliphatic rings. The number of carbonyl (C=O) groups excluding carboxylic acids is 2. The van der Waals surface area contributed by atoms with Crippen LogP contribution in [-0.2, 0) is 16.1 Å². The van der Waals surface area contributed by atoms with Gasteiger partial charge in [0.15, 0.2) is 11.5 Å². The number of hydrogen-bond donors (Lipinski definition) is 2. The number of anilines is 2. The summed E-state index contributed by atoms with van der Waals surface area (Å²) < 4.78 is 12.1. The van der Waals surface area contributed by atoms with E-state index < -0.39 is 5.92 Å². The molecule has 0 aliphatic carbocycles. The van der Waals surface area contributed by atoms with E-state index in [0.29, 0.717) is 35.5 Å². The molecule has 0 spiro atoms.